The highest BCUT2D eigenvalue weighted by atomic mass is 19.1. The molecule has 0 spiro atoms. The van der Waals surface area contributed by atoms with Gasteiger partial charge in [0.05, 0.1) is 17.9 Å². The Bertz CT molecular complexity index is 1240. The van der Waals surface area contributed by atoms with Gasteiger partial charge in [-0.05, 0) is 75.4 Å². The first kappa shape index (κ1) is 24.0. The van der Waals surface area contributed by atoms with Crippen molar-refractivity contribution in [3.63, 3.8) is 0 Å². The van der Waals surface area contributed by atoms with Crippen molar-refractivity contribution in [1.82, 2.24) is 19.7 Å². The molecule has 0 N–H and O–H groups in total. The maximum atomic E-state index is 13.7. The summed E-state index contributed by atoms with van der Waals surface area (Å²) < 4.78 is 20.3. The molecule has 188 valence electrons. The highest BCUT2D eigenvalue weighted by molar-refractivity contribution is 5.94. The molecule has 2 aromatic heterocycles. The van der Waals surface area contributed by atoms with E-state index in [1.165, 1.54) is 18.3 Å². The molecule has 1 amide bonds. The average Bonchev–Trinajstić information content (AvgIpc) is 3.11. The van der Waals surface area contributed by atoms with Crippen LogP contribution in [-0.4, -0.2) is 64.3 Å². The zero-order valence-electron chi connectivity index (χ0n) is 20.5. The first-order valence-corrected chi connectivity index (χ1v) is 12.6. The van der Waals surface area contributed by atoms with Gasteiger partial charge in [-0.15, -0.1) is 0 Å². The molecule has 0 atom stereocenters. The largest absolute Gasteiger partial charge is 0.462 e. The topological polar surface area (TPSA) is 80.6 Å². The van der Waals surface area contributed by atoms with Gasteiger partial charge in [0.15, 0.2) is 5.69 Å². The lowest BCUT2D eigenvalue weighted by Crippen LogP contribution is -2.36. The number of anilines is 1. The molecule has 1 saturated heterocycles. The van der Waals surface area contributed by atoms with Crippen LogP contribution in [0.2, 0.25) is 0 Å². The maximum absolute atomic E-state index is 13.7. The molecule has 3 heterocycles. The van der Waals surface area contributed by atoms with E-state index in [4.69, 9.17) is 9.84 Å². The highest BCUT2D eigenvalue weighted by Crippen LogP contribution is 2.28. The minimum absolute atomic E-state index is 0.0542. The van der Waals surface area contributed by atoms with Gasteiger partial charge in [-0.2, -0.15) is 5.10 Å². The van der Waals surface area contributed by atoms with Crippen molar-refractivity contribution in [2.75, 3.05) is 37.7 Å². The van der Waals surface area contributed by atoms with Crippen LogP contribution >= 0.6 is 0 Å². The summed E-state index contributed by atoms with van der Waals surface area (Å²) in [6.45, 7) is 4.68. The van der Waals surface area contributed by atoms with E-state index in [0.717, 1.165) is 61.4 Å². The summed E-state index contributed by atoms with van der Waals surface area (Å²) in [5.74, 6) is 0.0413. The SMILES string of the molecule is CCOC(=O)c1ccc(N2CCCN(C(=O)c3nn(-c4ccc(F)cc4)c4c3CCCC4)CC2)nc1. The number of hydrogen-bond acceptors (Lipinski definition) is 6. The third-order valence-electron chi connectivity index (χ3n) is 6.82. The van der Waals surface area contributed by atoms with E-state index in [9.17, 15) is 14.0 Å². The summed E-state index contributed by atoms with van der Waals surface area (Å²) >= 11 is 0. The number of esters is 1. The van der Waals surface area contributed by atoms with Crippen molar-refractivity contribution >= 4 is 17.7 Å². The molecule has 3 aromatic rings. The van der Waals surface area contributed by atoms with E-state index in [1.807, 2.05) is 15.6 Å². The Balaban J connectivity index is 1.32. The molecule has 0 saturated carbocycles. The average molecular weight is 492 g/mol. The Morgan fingerprint density at radius 2 is 1.78 bits per heavy atom. The molecule has 9 heteroatoms. The van der Waals surface area contributed by atoms with Gasteiger partial charge in [-0.1, -0.05) is 0 Å². The van der Waals surface area contributed by atoms with Crippen LogP contribution in [0.4, 0.5) is 10.2 Å². The second-order valence-corrected chi connectivity index (χ2v) is 9.13. The standard InChI is InChI=1S/C27H30FN5O3/c1-2-36-27(35)19-8-13-24(29-18-19)31-14-5-15-32(17-16-31)26(34)25-22-6-3-4-7-23(22)33(30-25)21-11-9-20(28)10-12-21/h8-13,18H,2-7,14-17H2,1H3. The van der Waals surface area contributed by atoms with Crippen LogP contribution in [0.1, 0.15) is 58.3 Å². The van der Waals surface area contributed by atoms with E-state index in [2.05, 4.69) is 9.88 Å². The number of rotatable bonds is 5. The predicted molar refractivity (Wildman–Crippen MR) is 133 cm³/mol. The normalized spacial score (nSPS) is 15.8. The van der Waals surface area contributed by atoms with Crippen LogP contribution in [0.5, 0.6) is 0 Å². The van der Waals surface area contributed by atoms with Gasteiger partial charge in [0.25, 0.3) is 5.91 Å². The first-order valence-electron chi connectivity index (χ1n) is 12.6. The fourth-order valence-corrected chi connectivity index (χ4v) is 4.97. The summed E-state index contributed by atoms with van der Waals surface area (Å²) in [5, 5.41) is 4.75. The predicted octanol–water partition coefficient (Wildman–Crippen LogP) is 3.81. The van der Waals surface area contributed by atoms with Crippen LogP contribution in [0, 0.1) is 5.82 Å². The first-order chi connectivity index (χ1) is 17.5. The summed E-state index contributed by atoms with van der Waals surface area (Å²) in [5.41, 5.74) is 3.78. The minimum atomic E-state index is -0.382. The highest BCUT2D eigenvalue weighted by Gasteiger charge is 2.29. The summed E-state index contributed by atoms with van der Waals surface area (Å²) in [6.07, 6.45) is 6.10. The molecule has 8 nitrogen and oxygen atoms in total. The number of halogens is 1. The molecule has 5 rings (SSSR count). The van der Waals surface area contributed by atoms with Gasteiger partial charge in [-0.25, -0.2) is 18.9 Å². The Labute approximate surface area is 209 Å². The number of amides is 1. The number of aromatic nitrogens is 3. The molecule has 0 bridgehead atoms. The van der Waals surface area contributed by atoms with E-state index < -0.39 is 0 Å². The molecule has 36 heavy (non-hydrogen) atoms. The lowest BCUT2D eigenvalue weighted by atomic mass is 9.95. The van der Waals surface area contributed by atoms with E-state index >= 15 is 0 Å². The quantitative estimate of drug-likeness (QED) is 0.505. The maximum Gasteiger partial charge on any atom is 0.339 e. The fraction of sp³-hybridized carbons (Fsp3) is 0.407. The smallest absolute Gasteiger partial charge is 0.339 e. The lowest BCUT2D eigenvalue weighted by Gasteiger charge is -2.23. The number of benzene rings is 1. The third kappa shape index (κ3) is 4.82. The van der Waals surface area contributed by atoms with Crippen LogP contribution in [-0.2, 0) is 17.6 Å². The van der Waals surface area contributed by atoms with E-state index in [0.29, 0.717) is 37.5 Å². The van der Waals surface area contributed by atoms with Gasteiger partial charge in [0.2, 0.25) is 0 Å². The summed E-state index contributed by atoms with van der Waals surface area (Å²) in [4.78, 5) is 34.0. The Morgan fingerprint density at radius 1 is 0.972 bits per heavy atom. The zero-order chi connectivity index (χ0) is 25.1. The fourth-order valence-electron chi connectivity index (χ4n) is 4.97. The number of pyridine rings is 1. The molecule has 1 fully saturated rings. The Morgan fingerprint density at radius 3 is 2.53 bits per heavy atom. The second kappa shape index (κ2) is 10.5. The second-order valence-electron chi connectivity index (χ2n) is 9.13. The lowest BCUT2D eigenvalue weighted by molar-refractivity contribution is 0.0525. The van der Waals surface area contributed by atoms with Crippen molar-refractivity contribution in [2.45, 2.75) is 39.0 Å². The van der Waals surface area contributed by atoms with E-state index in [-0.39, 0.29) is 17.7 Å². The van der Waals surface area contributed by atoms with E-state index in [1.54, 1.807) is 25.1 Å². The number of carbonyl (C=O) groups excluding carboxylic acids is 2. The van der Waals surface area contributed by atoms with Crippen LogP contribution in [0.3, 0.4) is 0 Å². The molecule has 2 aliphatic rings. The van der Waals surface area contributed by atoms with Gasteiger partial charge in [0.1, 0.15) is 11.6 Å². The molecule has 1 aliphatic carbocycles. The van der Waals surface area contributed by atoms with Gasteiger partial charge < -0.3 is 14.5 Å². The Kier molecular flexibility index (Phi) is 6.97. The monoisotopic (exact) mass is 491 g/mol. The summed E-state index contributed by atoms with van der Waals surface area (Å²) in [7, 11) is 0. The van der Waals surface area contributed by atoms with Crippen LogP contribution in [0.25, 0.3) is 5.69 Å². The van der Waals surface area contributed by atoms with Gasteiger partial charge in [0, 0.05) is 43.6 Å². The van der Waals surface area contributed by atoms with Crippen LogP contribution in [0.15, 0.2) is 42.6 Å². The van der Waals surface area contributed by atoms with Gasteiger partial charge >= 0.3 is 5.97 Å². The molecule has 1 aliphatic heterocycles. The number of nitrogens with zero attached hydrogens (tertiary/aromatic N) is 5. The number of fused-ring (bicyclic) bond motifs is 1. The number of ether oxygens (including phenoxy) is 1. The minimum Gasteiger partial charge on any atom is -0.462 e. The third-order valence-corrected chi connectivity index (χ3v) is 6.82. The molecular formula is C27H30FN5O3. The number of carbonyl (C=O) groups is 2. The molecule has 0 unspecified atom stereocenters. The molecule has 0 radical (unpaired) electrons. The Hall–Kier alpha value is -3.75. The van der Waals surface area contributed by atoms with Crippen molar-refractivity contribution in [2.24, 2.45) is 0 Å². The summed E-state index contributed by atoms with van der Waals surface area (Å²) in [6, 6.07) is 9.80. The molecule has 1 aromatic carbocycles. The number of hydrogen-bond donors (Lipinski definition) is 0. The van der Waals surface area contributed by atoms with Crippen molar-refractivity contribution in [3.8, 4) is 5.69 Å². The van der Waals surface area contributed by atoms with Crippen molar-refractivity contribution < 1.29 is 18.7 Å². The van der Waals surface area contributed by atoms with Gasteiger partial charge in [-0.3, -0.25) is 4.79 Å². The van der Waals surface area contributed by atoms with Crippen LogP contribution < -0.4 is 4.90 Å². The molecular weight excluding hydrogens is 461 g/mol. The van der Waals surface area contributed by atoms with Crippen molar-refractivity contribution in [3.05, 3.63) is 70.9 Å². The zero-order valence-corrected chi connectivity index (χ0v) is 20.5. The van der Waals surface area contributed by atoms with Crippen molar-refractivity contribution in [1.29, 1.82) is 0 Å².